The molecule has 1 aliphatic carbocycles. The maximum absolute atomic E-state index is 12.2. The third kappa shape index (κ3) is 5.00. The number of hydrogen-bond acceptors (Lipinski definition) is 2. The van der Waals surface area contributed by atoms with Crippen LogP contribution in [0.4, 0.5) is 0 Å². The Morgan fingerprint density at radius 1 is 1.09 bits per heavy atom. The molecule has 0 unspecified atom stereocenters. The molecule has 0 atom stereocenters. The van der Waals surface area contributed by atoms with Gasteiger partial charge < -0.3 is 5.11 Å². The topological polar surface area (TPSA) is 37.3 Å². The number of hydrogen-bond donors (Lipinski definition) is 1. The van der Waals surface area contributed by atoms with Crippen LogP contribution in [0.3, 0.4) is 0 Å². The second-order valence-electron chi connectivity index (χ2n) is 7.09. The van der Waals surface area contributed by atoms with E-state index >= 15 is 0 Å². The van der Waals surface area contributed by atoms with Crippen LogP contribution in [0.1, 0.15) is 64.0 Å². The van der Waals surface area contributed by atoms with Crippen LogP contribution >= 0.6 is 0 Å². The molecule has 0 spiro atoms. The Morgan fingerprint density at radius 2 is 1.64 bits per heavy atom. The van der Waals surface area contributed by atoms with Gasteiger partial charge in [-0.3, -0.25) is 4.79 Å². The molecule has 22 heavy (non-hydrogen) atoms. The monoisotopic (exact) mass is 349 g/mol. The number of aliphatic hydroxyl groups is 1. The molecule has 1 radical (unpaired) electrons. The first-order chi connectivity index (χ1) is 9.88. The molecule has 1 aliphatic rings. The molecule has 1 aromatic rings. The van der Waals surface area contributed by atoms with Crippen molar-refractivity contribution >= 4 is 11.5 Å². The van der Waals surface area contributed by atoms with Gasteiger partial charge in [0.1, 0.15) is 5.76 Å². The summed E-state index contributed by atoms with van der Waals surface area (Å²) in [5.74, 6) is 0.271. The summed E-state index contributed by atoms with van der Waals surface area (Å²) in [6, 6.07) is 7.82. The summed E-state index contributed by atoms with van der Waals surface area (Å²) in [4.78, 5) is 12.2. The van der Waals surface area contributed by atoms with Crippen molar-refractivity contribution < 1.29 is 27.0 Å². The smallest absolute Gasteiger partial charge is 0.162 e. The zero-order valence-electron chi connectivity index (χ0n) is 13.7. The Kier molecular flexibility index (Phi) is 6.90. The maximum atomic E-state index is 12.2. The van der Waals surface area contributed by atoms with Crippen molar-refractivity contribution in [2.45, 2.75) is 58.3 Å². The van der Waals surface area contributed by atoms with E-state index in [1.807, 2.05) is 24.3 Å². The van der Waals surface area contributed by atoms with Crippen LogP contribution in [-0.4, -0.2) is 10.9 Å². The fourth-order valence-corrected chi connectivity index (χ4v) is 2.86. The molecule has 1 fully saturated rings. The van der Waals surface area contributed by atoms with Crippen molar-refractivity contribution in [1.82, 2.24) is 0 Å². The first-order valence-electron chi connectivity index (χ1n) is 7.93. The number of ketones is 1. The Labute approximate surface area is 144 Å². The van der Waals surface area contributed by atoms with Gasteiger partial charge in [0.15, 0.2) is 5.78 Å². The van der Waals surface area contributed by atoms with Crippen LogP contribution in [-0.2, 0) is 27.3 Å². The number of rotatable bonds is 3. The molecule has 1 N–H and O–H groups in total. The molecular weight excluding hydrogens is 324 g/mol. The minimum Gasteiger partial charge on any atom is -0.507 e. The van der Waals surface area contributed by atoms with Crippen LogP contribution in [0, 0.1) is 5.92 Å². The van der Waals surface area contributed by atoms with Gasteiger partial charge in [-0.05, 0) is 23.8 Å². The van der Waals surface area contributed by atoms with Crippen molar-refractivity contribution in [1.29, 1.82) is 0 Å². The summed E-state index contributed by atoms with van der Waals surface area (Å²) in [7, 11) is 0. The first kappa shape index (κ1) is 19.0. The fraction of sp³-hybridized carbons (Fsp3) is 0.526. The van der Waals surface area contributed by atoms with E-state index < -0.39 is 0 Å². The molecule has 125 valence electrons. The summed E-state index contributed by atoms with van der Waals surface area (Å²) in [6.07, 6.45) is 6.84. The second kappa shape index (κ2) is 7.99. The molecular formula is C19H26CuO2. The molecule has 2 rings (SSSR count). The van der Waals surface area contributed by atoms with E-state index in [0.717, 1.165) is 25.7 Å². The van der Waals surface area contributed by atoms with E-state index in [1.165, 1.54) is 18.1 Å². The van der Waals surface area contributed by atoms with E-state index in [2.05, 4.69) is 20.8 Å². The number of allylic oxidation sites excluding steroid dienone is 1. The fourth-order valence-electron chi connectivity index (χ4n) is 2.86. The van der Waals surface area contributed by atoms with Gasteiger partial charge in [-0.15, -0.1) is 0 Å². The summed E-state index contributed by atoms with van der Waals surface area (Å²) >= 11 is 0. The normalized spacial score (nSPS) is 17.0. The van der Waals surface area contributed by atoms with Gasteiger partial charge in [0, 0.05) is 34.6 Å². The zero-order valence-corrected chi connectivity index (χ0v) is 14.6. The quantitative estimate of drug-likeness (QED) is 0.472. The van der Waals surface area contributed by atoms with E-state index in [-0.39, 0.29) is 39.9 Å². The molecule has 2 nitrogen and oxygen atoms in total. The predicted molar refractivity (Wildman–Crippen MR) is 87.3 cm³/mol. The van der Waals surface area contributed by atoms with Crippen LogP contribution in [0.2, 0.25) is 0 Å². The van der Waals surface area contributed by atoms with Crippen molar-refractivity contribution in [2.75, 3.05) is 0 Å². The third-order valence-electron chi connectivity index (χ3n) is 4.33. The second-order valence-corrected chi connectivity index (χ2v) is 7.09. The molecule has 0 heterocycles. The minimum absolute atomic E-state index is 0. The van der Waals surface area contributed by atoms with Crippen LogP contribution < -0.4 is 0 Å². The van der Waals surface area contributed by atoms with E-state index in [0.29, 0.717) is 5.56 Å². The Hall–Kier alpha value is -1.05. The standard InChI is InChI=1S/C19H26O2.Cu/c1-19(2,3)16-11-9-15(10-12-16)18(21)13-17(20)14-7-5-4-6-8-14;/h9-14,21H,4-8H2,1-3H3;/b18-13-;. The van der Waals surface area contributed by atoms with Gasteiger partial charge in [0.05, 0.1) is 0 Å². The van der Waals surface area contributed by atoms with Gasteiger partial charge in [-0.2, -0.15) is 0 Å². The average Bonchev–Trinajstić information content (AvgIpc) is 2.47. The Balaban J connectivity index is 0.00000242. The Bertz CT molecular complexity index is 517. The number of carbonyl (C=O) groups excluding carboxylic acids is 1. The van der Waals surface area contributed by atoms with Gasteiger partial charge in [-0.1, -0.05) is 64.3 Å². The molecule has 1 aromatic carbocycles. The molecule has 3 heteroatoms. The summed E-state index contributed by atoms with van der Waals surface area (Å²) in [5.41, 5.74) is 2.03. The van der Waals surface area contributed by atoms with Crippen molar-refractivity contribution in [3.8, 4) is 0 Å². The minimum atomic E-state index is 0. The van der Waals surface area contributed by atoms with Crippen LogP contribution in [0.5, 0.6) is 0 Å². The summed E-state index contributed by atoms with van der Waals surface area (Å²) < 4.78 is 0. The molecule has 1 saturated carbocycles. The number of benzene rings is 1. The maximum Gasteiger partial charge on any atom is 0.162 e. The number of aliphatic hydroxyl groups excluding tert-OH is 1. The van der Waals surface area contributed by atoms with Crippen LogP contribution in [0.25, 0.3) is 5.76 Å². The van der Waals surface area contributed by atoms with E-state index in [4.69, 9.17) is 0 Å². The molecule has 0 bridgehead atoms. The van der Waals surface area contributed by atoms with Gasteiger partial charge in [0.25, 0.3) is 0 Å². The van der Waals surface area contributed by atoms with Gasteiger partial charge >= 0.3 is 0 Å². The van der Waals surface area contributed by atoms with Gasteiger partial charge in [0.2, 0.25) is 0 Å². The molecule has 0 amide bonds. The molecule has 0 saturated heterocycles. The third-order valence-corrected chi connectivity index (χ3v) is 4.33. The van der Waals surface area contributed by atoms with Crippen LogP contribution in [0.15, 0.2) is 30.3 Å². The first-order valence-corrected chi connectivity index (χ1v) is 7.93. The van der Waals surface area contributed by atoms with Gasteiger partial charge in [-0.25, -0.2) is 0 Å². The van der Waals surface area contributed by atoms with E-state index in [1.54, 1.807) is 0 Å². The SMILES string of the molecule is CC(C)(C)c1ccc(/C(O)=C/C(=O)C2CCCCC2)cc1.[Cu]. The van der Waals surface area contributed by atoms with Crippen molar-refractivity contribution in [3.63, 3.8) is 0 Å². The van der Waals surface area contributed by atoms with Crippen molar-refractivity contribution in [3.05, 3.63) is 41.5 Å². The molecule has 0 aromatic heterocycles. The number of carbonyl (C=O) groups is 1. The Morgan fingerprint density at radius 3 is 2.14 bits per heavy atom. The summed E-state index contributed by atoms with van der Waals surface area (Å²) in [5, 5.41) is 10.2. The molecule has 0 aliphatic heterocycles. The van der Waals surface area contributed by atoms with E-state index in [9.17, 15) is 9.90 Å². The largest absolute Gasteiger partial charge is 0.507 e. The van der Waals surface area contributed by atoms with Crippen molar-refractivity contribution in [2.24, 2.45) is 5.92 Å². The average molecular weight is 350 g/mol. The predicted octanol–water partition coefficient (Wildman–Crippen LogP) is 5.03. The summed E-state index contributed by atoms with van der Waals surface area (Å²) in [6.45, 7) is 6.47. The zero-order chi connectivity index (χ0) is 15.5.